The van der Waals surface area contributed by atoms with E-state index in [0.717, 1.165) is 0 Å². The lowest BCUT2D eigenvalue weighted by Crippen LogP contribution is -2.39. The molecule has 0 spiro atoms. The normalized spacial score (nSPS) is 18.4. The first-order valence-electron chi connectivity index (χ1n) is 5.36. The van der Waals surface area contributed by atoms with Crippen LogP contribution in [0, 0.1) is 5.92 Å². The van der Waals surface area contributed by atoms with Crippen LogP contribution in [0.2, 0.25) is 0 Å². The number of alkyl halides is 3. The molecule has 0 saturated carbocycles. The monoisotopic (exact) mass is 246 g/mol. The minimum Gasteiger partial charge on any atom is -0.396 e. The van der Waals surface area contributed by atoms with Crippen LogP contribution in [0.15, 0.2) is 12.4 Å². The summed E-state index contributed by atoms with van der Waals surface area (Å²) < 4.78 is 37.4. The van der Waals surface area contributed by atoms with E-state index in [4.69, 9.17) is 5.73 Å². The topological polar surface area (TPSA) is 55.0 Å². The molecule has 1 aliphatic rings. The van der Waals surface area contributed by atoms with Gasteiger partial charge in [0.25, 0.3) is 0 Å². The molecule has 7 heteroatoms. The highest BCUT2D eigenvalue weighted by Gasteiger charge is 2.41. The summed E-state index contributed by atoms with van der Waals surface area (Å²) in [6.45, 7) is 0.655. The minimum absolute atomic E-state index is 0.0945. The third-order valence-electron chi connectivity index (χ3n) is 2.90. The second-order valence-corrected chi connectivity index (χ2v) is 4.12. The van der Waals surface area contributed by atoms with E-state index in [1.165, 1.54) is 12.4 Å². The van der Waals surface area contributed by atoms with E-state index in [-0.39, 0.29) is 12.8 Å². The molecule has 0 unspecified atom stereocenters. The zero-order valence-electron chi connectivity index (χ0n) is 9.11. The third-order valence-corrected chi connectivity index (χ3v) is 2.90. The maximum absolute atomic E-state index is 12.5. The van der Waals surface area contributed by atoms with Gasteiger partial charge in [-0.05, 0) is 12.8 Å². The van der Waals surface area contributed by atoms with Gasteiger partial charge in [0.05, 0.1) is 24.0 Å². The molecule has 2 heterocycles. The van der Waals surface area contributed by atoms with Crippen molar-refractivity contribution >= 4 is 11.6 Å². The van der Waals surface area contributed by atoms with Crippen LogP contribution in [0.5, 0.6) is 0 Å². The average molecular weight is 246 g/mol. The smallest absolute Gasteiger partial charge is 0.391 e. The van der Waals surface area contributed by atoms with Gasteiger partial charge in [-0.15, -0.1) is 0 Å². The van der Waals surface area contributed by atoms with Gasteiger partial charge in [-0.3, -0.25) is 0 Å². The van der Waals surface area contributed by atoms with Crippen molar-refractivity contribution in [2.75, 3.05) is 23.7 Å². The largest absolute Gasteiger partial charge is 0.396 e. The van der Waals surface area contributed by atoms with Crippen LogP contribution in [0.25, 0.3) is 0 Å². The molecule has 0 amide bonds. The lowest BCUT2D eigenvalue weighted by atomic mass is 9.96. The summed E-state index contributed by atoms with van der Waals surface area (Å²) in [5.41, 5.74) is 5.89. The summed E-state index contributed by atoms with van der Waals surface area (Å²) in [6, 6.07) is 0. The molecular formula is C10H13F3N4. The first kappa shape index (κ1) is 11.9. The van der Waals surface area contributed by atoms with Gasteiger partial charge in [-0.1, -0.05) is 0 Å². The maximum Gasteiger partial charge on any atom is 0.391 e. The summed E-state index contributed by atoms with van der Waals surface area (Å²) in [6.07, 6.45) is -0.987. The van der Waals surface area contributed by atoms with Gasteiger partial charge in [-0.2, -0.15) is 13.2 Å². The van der Waals surface area contributed by atoms with E-state index in [2.05, 4.69) is 9.97 Å². The van der Waals surface area contributed by atoms with Crippen LogP contribution in [0.4, 0.5) is 24.8 Å². The molecule has 1 saturated heterocycles. The second kappa shape index (κ2) is 4.38. The molecule has 1 fully saturated rings. The quantitative estimate of drug-likeness (QED) is 0.821. The summed E-state index contributed by atoms with van der Waals surface area (Å²) >= 11 is 0. The number of nitrogen functional groups attached to an aromatic ring is 1. The van der Waals surface area contributed by atoms with Gasteiger partial charge >= 0.3 is 6.18 Å². The predicted molar refractivity (Wildman–Crippen MR) is 57.4 cm³/mol. The Labute approximate surface area is 96.7 Å². The van der Waals surface area contributed by atoms with Crippen molar-refractivity contribution in [2.45, 2.75) is 19.0 Å². The molecule has 17 heavy (non-hydrogen) atoms. The van der Waals surface area contributed by atoms with E-state index >= 15 is 0 Å². The molecule has 2 N–H and O–H groups in total. The van der Waals surface area contributed by atoms with Crippen molar-refractivity contribution in [3.8, 4) is 0 Å². The number of hydrogen-bond acceptors (Lipinski definition) is 4. The molecule has 1 aromatic heterocycles. The Hall–Kier alpha value is -1.53. The second-order valence-electron chi connectivity index (χ2n) is 4.12. The van der Waals surface area contributed by atoms with Crippen LogP contribution in [0.1, 0.15) is 12.8 Å². The van der Waals surface area contributed by atoms with Gasteiger partial charge in [0.1, 0.15) is 0 Å². The average Bonchev–Trinajstić information content (AvgIpc) is 2.29. The fourth-order valence-electron chi connectivity index (χ4n) is 1.90. The summed E-state index contributed by atoms with van der Waals surface area (Å²) in [5.74, 6) is -0.757. The number of piperidine rings is 1. The molecule has 0 radical (unpaired) electrons. The lowest BCUT2D eigenvalue weighted by molar-refractivity contribution is -0.179. The van der Waals surface area contributed by atoms with Crippen molar-refractivity contribution in [1.82, 2.24) is 9.97 Å². The van der Waals surface area contributed by atoms with E-state index in [9.17, 15) is 13.2 Å². The summed E-state index contributed by atoms with van der Waals surface area (Å²) in [5, 5.41) is 0. The molecular weight excluding hydrogens is 233 g/mol. The van der Waals surface area contributed by atoms with Crippen molar-refractivity contribution in [1.29, 1.82) is 0 Å². The van der Waals surface area contributed by atoms with Crippen LogP contribution in [-0.2, 0) is 0 Å². The Morgan fingerprint density at radius 1 is 1.18 bits per heavy atom. The Morgan fingerprint density at radius 2 is 1.71 bits per heavy atom. The Bertz CT molecular complexity index is 368. The van der Waals surface area contributed by atoms with Crippen molar-refractivity contribution in [3.05, 3.63) is 12.4 Å². The highest BCUT2D eigenvalue weighted by atomic mass is 19.4. The lowest BCUT2D eigenvalue weighted by Gasteiger charge is -2.32. The zero-order chi connectivity index (χ0) is 12.5. The number of aromatic nitrogens is 2. The Kier molecular flexibility index (Phi) is 3.08. The number of anilines is 2. The van der Waals surface area contributed by atoms with Crippen LogP contribution < -0.4 is 10.6 Å². The van der Waals surface area contributed by atoms with E-state index in [1.54, 1.807) is 4.90 Å². The zero-order valence-corrected chi connectivity index (χ0v) is 9.11. The van der Waals surface area contributed by atoms with E-state index in [1.807, 2.05) is 0 Å². The van der Waals surface area contributed by atoms with Crippen molar-refractivity contribution in [3.63, 3.8) is 0 Å². The third kappa shape index (κ3) is 2.78. The van der Waals surface area contributed by atoms with Gasteiger partial charge in [0.15, 0.2) is 0 Å². The molecule has 0 atom stereocenters. The molecule has 0 aromatic carbocycles. The van der Waals surface area contributed by atoms with Crippen molar-refractivity contribution < 1.29 is 13.2 Å². The van der Waals surface area contributed by atoms with Crippen LogP contribution >= 0.6 is 0 Å². The molecule has 1 aliphatic heterocycles. The summed E-state index contributed by atoms with van der Waals surface area (Å²) in [4.78, 5) is 9.75. The first-order chi connectivity index (χ1) is 7.97. The van der Waals surface area contributed by atoms with E-state index in [0.29, 0.717) is 24.7 Å². The van der Waals surface area contributed by atoms with E-state index < -0.39 is 12.1 Å². The van der Waals surface area contributed by atoms with Gasteiger partial charge in [0.2, 0.25) is 5.95 Å². The van der Waals surface area contributed by atoms with Gasteiger partial charge < -0.3 is 10.6 Å². The van der Waals surface area contributed by atoms with Gasteiger partial charge in [-0.25, -0.2) is 9.97 Å². The first-order valence-corrected chi connectivity index (χ1v) is 5.36. The fraction of sp³-hybridized carbons (Fsp3) is 0.600. The molecule has 94 valence electrons. The SMILES string of the molecule is Nc1cnc(N2CCC(C(F)(F)F)CC2)nc1. The predicted octanol–water partition coefficient (Wildman–Crippen LogP) is 1.84. The van der Waals surface area contributed by atoms with Crippen molar-refractivity contribution in [2.24, 2.45) is 5.92 Å². The number of rotatable bonds is 1. The summed E-state index contributed by atoms with van der Waals surface area (Å²) in [7, 11) is 0. The number of halogens is 3. The molecule has 2 rings (SSSR count). The standard InChI is InChI=1S/C10H13F3N4/c11-10(12,13)7-1-3-17(4-2-7)9-15-5-8(14)6-16-9/h5-7H,1-4,14H2. The number of hydrogen-bond donors (Lipinski definition) is 1. The molecule has 0 aliphatic carbocycles. The Balaban J connectivity index is 1.97. The molecule has 4 nitrogen and oxygen atoms in total. The Morgan fingerprint density at radius 3 is 2.18 bits per heavy atom. The maximum atomic E-state index is 12.5. The van der Waals surface area contributed by atoms with Gasteiger partial charge in [0, 0.05) is 13.1 Å². The number of nitrogens with two attached hydrogens (primary N) is 1. The molecule has 1 aromatic rings. The minimum atomic E-state index is -4.09. The van der Waals surface area contributed by atoms with Crippen LogP contribution in [0.3, 0.4) is 0 Å². The molecule has 0 bridgehead atoms. The highest BCUT2D eigenvalue weighted by molar-refractivity contribution is 5.38. The fourth-order valence-corrected chi connectivity index (χ4v) is 1.90. The number of nitrogens with zero attached hydrogens (tertiary/aromatic N) is 3. The highest BCUT2D eigenvalue weighted by Crippen LogP contribution is 2.34. The van der Waals surface area contributed by atoms with Crippen LogP contribution in [-0.4, -0.2) is 29.2 Å².